The van der Waals surface area contributed by atoms with Crippen LogP contribution in [0.5, 0.6) is 0 Å². The van der Waals surface area contributed by atoms with Crippen molar-refractivity contribution in [3.05, 3.63) is 59.1 Å². The molecule has 5 heteroatoms. The minimum absolute atomic E-state index is 0.0251. The Labute approximate surface area is 171 Å². The lowest BCUT2D eigenvalue weighted by Gasteiger charge is -2.33. The summed E-state index contributed by atoms with van der Waals surface area (Å²) in [5.41, 5.74) is 3.31. The zero-order valence-electron chi connectivity index (χ0n) is 16.2. The van der Waals surface area contributed by atoms with Gasteiger partial charge in [-0.25, -0.2) is 4.79 Å². The van der Waals surface area contributed by atoms with Crippen LogP contribution in [0, 0.1) is 0 Å². The second-order valence-electron chi connectivity index (χ2n) is 7.75. The minimum Gasteiger partial charge on any atom is -0.324 e. The van der Waals surface area contributed by atoms with Crippen molar-refractivity contribution < 1.29 is 4.79 Å². The summed E-state index contributed by atoms with van der Waals surface area (Å²) in [5.74, 6) is 0. The van der Waals surface area contributed by atoms with Gasteiger partial charge < -0.3 is 4.90 Å². The Balaban J connectivity index is 1.45. The predicted octanol–water partition coefficient (Wildman–Crippen LogP) is 5.78. The molecule has 1 aliphatic carbocycles. The van der Waals surface area contributed by atoms with Gasteiger partial charge in [-0.2, -0.15) is 0 Å². The van der Waals surface area contributed by atoms with Crippen LogP contribution in [-0.4, -0.2) is 41.8 Å². The van der Waals surface area contributed by atoms with Crippen molar-refractivity contribution in [2.45, 2.75) is 44.2 Å². The smallest absolute Gasteiger partial charge is 0.324 e. The molecule has 1 unspecified atom stereocenters. The maximum absolute atomic E-state index is 12.9. The SMILES string of the molecule is CN(C(=O)N1C=NC(c2cccc(-c3cccc(Cl)c3)c2)C1)C1CCCCC1. The van der Waals surface area contributed by atoms with E-state index in [9.17, 15) is 4.79 Å². The number of hydrogen-bond donors (Lipinski definition) is 0. The molecule has 2 aromatic rings. The summed E-state index contributed by atoms with van der Waals surface area (Å²) in [5, 5.41) is 0.726. The molecule has 0 radical (unpaired) electrons. The fraction of sp³-hybridized carbons (Fsp3) is 0.391. The van der Waals surface area contributed by atoms with Crippen LogP contribution < -0.4 is 0 Å². The first-order valence-corrected chi connectivity index (χ1v) is 10.4. The maximum atomic E-state index is 12.9. The standard InChI is InChI=1S/C23H26ClN3O/c1-26(21-11-3-2-4-12-21)23(28)27-15-22(25-16-27)19-9-5-7-17(13-19)18-8-6-10-20(24)14-18/h5-10,13-14,16,21-22H,2-4,11-12,15H2,1H3. The van der Waals surface area contributed by atoms with Crippen molar-refractivity contribution in [3.63, 3.8) is 0 Å². The van der Waals surface area contributed by atoms with Gasteiger partial charge in [0.2, 0.25) is 0 Å². The Kier molecular flexibility index (Phi) is 5.67. The Bertz CT molecular complexity index is 876. The fourth-order valence-corrected chi connectivity index (χ4v) is 4.37. The van der Waals surface area contributed by atoms with Crippen LogP contribution in [0.1, 0.15) is 43.7 Å². The molecule has 28 heavy (non-hydrogen) atoms. The highest BCUT2D eigenvalue weighted by Crippen LogP contribution is 2.29. The number of carbonyl (C=O) groups excluding carboxylic acids is 1. The number of urea groups is 1. The van der Waals surface area contributed by atoms with Gasteiger partial charge in [-0.1, -0.05) is 61.2 Å². The summed E-state index contributed by atoms with van der Waals surface area (Å²) in [6.45, 7) is 0.592. The number of benzene rings is 2. The van der Waals surface area contributed by atoms with E-state index in [4.69, 9.17) is 11.6 Å². The van der Waals surface area contributed by atoms with Crippen LogP contribution in [0.2, 0.25) is 5.02 Å². The molecule has 0 N–H and O–H groups in total. The third-order valence-electron chi connectivity index (χ3n) is 5.85. The monoisotopic (exact) mass is 395 g/mol. The van der Waals surface area contributed by atoms with E-state index in [2.05, 4.69) is 29.3 Å². The van der Waals surface area contributed by atoms with Gasteiger partial charge in [0.25, 0.3) is 0 Å². The van der Waals surface area contributed by atoms with Crippen molar-refractivity contribution in [2.75, 3.05) is 13.6 Å². The number of carbonyl (C=O) groups is 1. The molecular weight excluding hydrogens is 370 g/mol. The molecule has 2 aliphatic rings. The lowest BCUT2D eigenvalue weighted by Crippen LogP contribution is -2.45. The third-order valence-corrected chi connectivity index (χ3v) is 6.09. The van der Waals surface area contributed by atoms with Crippen LogP contribution >= 0.6 is 11.6 Å². The van der Waals surface area contributed by atoms with E-state index < -0.39 is 0 Å². The van der Waals surface area contributed by atoms with E-state index in [-0.39, 0.29) is 12.1 Å². The maximum Gasteiger partial charge on any atom is 0.325 e. The molecule has 1 saturated carbocycles. The minimum atomic E-state index is -0.0251. The van der Waals surface area contributed by atoms with Crippen molar-refractivity contribution in [3.8, 4) is 11.1 Å². The summed E-state index contributed by atoms with van der Waals surface area (Å²) in [6.07, 6.45) is 7.65. The number of hydrogen-bond acceptors (Lipinski definition) is 2. The van der Waals surface area contributed by atoms with Crippen molar-refractivity contribution in [1.82, 2.24) is 9.80 Å². The molecule has 4 rings (SSSR count). The van der Waals surface area contributed by atoms with Gasteiger partial charge in [-0.05, 0) is 47.7 Å². The highest BCUT2D eigenvalue weighted by molar-refractivity contribution is 6.30. The Morgan fingerprint density at radius 3 is 2.54 bits per heavy atom. The van der Waals surface area contributed by atoms with E-state index in [0.717, 1.165) is 34.6 Å². The van der Waals surface area contributed by atoms with Crippen LogP contribution in [0.15, 0.2) is 53.5 Å². The second-order valence-corrected chi connectivity index (χ2v) is 8.19. The highest BCUT2D eigenvalue weighted by Gasteiger charge is 2.29. The summed E-state index contributed by atoms with van der Waals surface area (Å²) >= 11 is 6.14. The lowest BCUT2D eigenvalue weighted by molar-refractivity contribution is 0.155. The predicted molar refractivity (Wildman–Crippen MR) is 115 cm³/mol. The second kappa shape index (κ2) is 8.36. The Hall–Kier alpha value is -2.33. The van der Waals surface area contributed by atoms with Gasteiger partial charge in [0, 0.05) is 18.1 Å². The zero-order chi connectivity index (χ0) is 19.5. The molecular formula is C23H26ClN3O. The molecule has 0 aromatic heterocycles. The number of aliphatic imine (C=N–C) groups is 1. The first-order valence-electron chi connectivity index (χ1n) is 10.0. The van der Waals surface area contributed by atoms with Crippen molar-refractivity contribution in [1.29, 1.82) is 0 Å². The number of nitrogens with zero attached hydrogens (tertiary/aromatic N) is 3. The Morgan fingerprint density at radius 1 is 1.07 bits per heavy atom. The van der Waals surface area contributed by atoms with Gasteiger partial charge in [0.15, 0.2) is 0 Å². The number of halogens is 1. The molecule has 146 valence electrons. The van der Waals surface area contributed by atoms with Gasteiger partial charge in [0.05, 0.1) is 18.9 Å². The van der Waals surface area contributed by atoms with Gasteiger partial charge in [0.1, 0.15) is 0 Å². The molecule has 1 atom stereocenters. The molecule has 0 saturated heterocycles. The van der Waals surface area contributed by atoms with E-state index in [1.165, 1.54) is 19.3 Å². The highest BCUT2D eigenvalue weighted by atomic mass is 35.5. The summed E-state index contributed by atoms with van der Waals surface area (Å²) in [4.78, 5) is 21.2. The molecule has 1 heterocycles. The average Bonchev–Trinajstić information content (AvgIpc) is 3.24. The van der Waals surface area contributed by atoms with Crippen molar-refractivity contribution in [2.24, 2.45) is 4.99 Å². The first kappa shape index (κ1) is 19.0. The largest absolute Gasteiger partial charge is 0.325 e. The van der Waals surface area contributed by atoms with Crippen LogP contribution in [0.25, 0.3) is 11.1 Å². The van der Waals surface area contributed by atoms with Crippen LogP contribution in [0.3, 0.4) is 0 Å². The number of rotatable bonds is 3. The topological polar surface area (TPSA) is 35.9 Å². The van der Waals surface area contributed by atoms with E-state index >= 15 is 0 Å². The van der Waals surface area contributed by atoms with Gasteiger partial charge in [-0.3, -0.25) is 9.89 Å². The van der Waals surface area contributed by atoms with Gasteiger partial charge in [-0.15, -0.1) is 0 Å². The summed E-state index contributed by atoms with van der Waals surface area (Å²) in [7, 11) is 1.93. The van der Waals surface area contributed by atoms with Crippen molar-refractivity contribution >= 4 is 24.0 Å². The Morgan fingerprint density at radius 2 is 1.79 bits per heavy atom. The molecule has 0 spiro atoms. The molecule has 4 nitrogen and oxygen atoms in total. The molecule has 2 aromatic carbocycles. The third kappa shape index (κ3) is 4.07. The fourth-order valence-electron chi connectivity index (χ4n) is 4.18. The average molecular weight is 396 g/mol. The molecule has 1 fully saturated rings. The molecule has 1 aliphatic heterocycles. The van der Waals surface area contributed by atoms with Crippen LogP contribution in [-0.2, 0) is 0 Å². The van der Waals surface area contributed by atoms with Gasteiger partial charge >= 0.3 is 6.03 Å². The van der Waals surface area contributed by atoms with E-state index in [1.807, 2.05) is 36.2 Å². The first-order chi connectivity index (χ1) is 13.6. The number of amides is 2. The summed E-state index contributed by atoms with van der Waals surface area (Å²) < 4.78 is 0. The molecule has 2 amide bonds. The zero-order valence-corrected chi connectivity index (χ0v) is 17.0. The van der Waals surface area contributed by atoms with Crippen LogP contribution in [0.4, 0.5) is 4.79 Å². The molecule has 0 bridgehead atoms. The summed E-state index contributed by atoms with van der Waals surface area (Å²) in [6, 6.07) is 16.6. The van der Waals surface area contributed by atoms with E-state index in [1.54, 1.807) is 11.2 Å². The normalized spacial score (nSPS) is 19.8. The quantitative estimate of drug-likeness (QED) is 0.649. The van der Waals surface area contributed by atoms with E-state index in [0.29, 0.717) is 12.6 Å². The lowest BCUT2D eigenvalue weighted by atomic mass is 9.95.